The fourth-order valence-electron chi connectivity index (χ4n) is 3.90. The van der Waals surface area contributed by atoms with E-state index in [4.69, 9.17) is 10.5 Å². The van der Waals surface area contributed by atoms with E-state index in [1.54, 1.807) is 7.11 Å². The zero-order valence-corrected chi connectivity index (χ0v) is 13.8. The zero-order valence-electron chi connectivity index (χ0n) is 13.8. The van der Waals surface area contributed by atoms with Gasteiger partial charge in [0.05, 0.1) is 12.6 Å². The van der Waals surface area contributed by atoms with Crippen LogP contribution in [0, 0.1) is 0 Å². The van der Waals surface area contributed by atoms with E-state index in [2.05, 4.69) is 23.6 Å². The Morgan fingerprint density at radius 1 is 1.24 bits per heavy atom. The first-order valence-corrected chi connectivity index (χ1v) is 8.34. The molecule has 0 radical (unpaired) electrons. The molecule has 0 aliphatic carbocycles. The summed E-state index contributed by atoms with van der Waals surface area (Å²) in [6, 6.07) is 1.01. The average Bonchev–Trinajstić information content (AvgIpc) is 2.47. The van der Waals surface area contributed by atoms with E-state index in [0.717, 1.165) is 32.2 Å². The maximum atomic E-state index is 12.7. The topological polar surface area (TPSA) is 58.8 Å². The number of carbonyl (C=O) groups is 1. The fourth-order valence-corrected chi connectivity index (χ4v) is 3.90. The van der Waals surface area contributed by atoms with Crippen LogP contribution in [0.3, 0.4) is 0 Å². The first-order valence-electron chi connectivity index (χ1n) is 8.34. The number of hydrogen-bond acceptors (Lipinski definition) is 4. The molecule has 4 unspecified atom stereocenters. The zero-order chi connectivity index (χ0) is 15.4. The number of piperidine rings is 2. The number of hydrogen-bond donors (Lipinski definition) is 1. The van der Waals surface area contributed by atoms with E-state index >= 15 is 0 Å². The molecule has 2 N–H and O–H groups in total. The fraction of sp³-hybridized carbons (Fsp3) is 0.938. The Labute approximate surface area is 128 Å². The summed E-state index contributed by atoms with van der Waals surface area (Å²) in [5, 5.41) is 0. The predicted molar refractivity (Wildman–Crippen MR) is 84.1 cm³/mol. The lowest BCUT2D eigenvalue weighted by atomic mass is 9.96. The quantitative estimate of drug-likeness (QED) is 0.847. The van der Waals surface area contributed by atoms with Gasteiger partial charge in [-0.25, -0.2) is 0 Å². The summed E-state index contributed by atoms with van der Waals surface area (Å²) in [6.45, 7) is 6.35. The van der Waals surface area contributed by atoms with Crippen molar-refractivity contribution in [2.75, 3.05) is 26.7 Å². The molecule has 122 valence electrons. The highest BCUT2D eigenvalue weighted by atomic mass is 16.5. The minimum absolute atomic E-state index is 0.267. The van der Waals surface area contributed by atoms with E-state index in [1.165, 1.54) is 6.42 Å². The van der Waals surface area contributed by atoms with Crippen molar-refractivity contribution in [3.05, 3.63) is 0 Å². The van der Waals surface area contributed by atoms with Gasteiger partial charge in [0.1, 0.15) is 0 Å². The molecule has 2 fully saturated rings. The maximum Gasteiger partial charge on any atom is 0.237 e. The van der Waals surface area contributed by atoms with Gasteiger partial charge in [-0.15, -0.1) is 0 Å². The number of methoxy groups -OCH3 is 1. The Kier molecular flexibility index (Phi) is 6.02. The molecular weight excluding hydrogens is 266 g/mol. The monoisotopic (exact) mass is 297 g/mol. The number of ether oxygens (including phenoxy) is 1. The third-order valence-electron chi connectivity index (χ3n) is 5.21. The Bertz CT molecular complexity index is 340. The first-order chi connectivity index (χ1) is 10.1. The molecule has 21 heavy (non-hydrogen) atoms. The SMILES string of the molecule is COC1CCN(CC(=O)N2C(C)CCCC2C)C(CN)C1. The highest BCUT2D eigenvalue weighted by molar-refractivity contribution is 5.79. The third-order valence-corrected chi connectivity index (χ3v) is 5.21. The van der Waals surface area contributed by atoms with Crippen LogP contribution in [0.5, 0.6) is 0 Å². The van der Waals surface area contributed by atoms with E-state index in [1.807, 2.05) is 0 Å². The molecule has 0 aromatic carbocycles. The Balaban J connectivity index is 1.94. The summed E-state index contributed by atoms with van der Waals surface area (Å²) >= 11 is 0. The van der Waals surface area contributed by atoms with Gasteiger partial charge >= 0.3 is 0 Å². The molecule has 1 amide bonds. The molecule has 0 bridgehead atoms. The Morgan fingerprint density at radius 3 is 2.48 bits per heavy atom. The molecule has 0 aromatic rings. The van der Waals surface area contributed by atoms with E-state index < -0.39 is 0 Å². The molecule has 2 rings (SSSR count). The van der Waals surface area contributed by atoms with Gasteiger partial charge in [-0.05, 0) is 46.0 Å². The van der Waals surface area contributed by atoms with Crippen LogP contribution in [0.25, 0.3) is 0 Å². The lowest BCUT2D eigenvalue weighted by Gasteiger charge is -2.43. The average molecular weight is 297 g/mol. The van der Waals surface area contributed by atoms with E-state index in [9.17, 15) is 4.79 Å². The van der Waals surface area contributed by atoms with E-state index in [-0.39, 0.29) is 18.1 Å². The van der Waals surface area contributed by atoms with Crippen molar-refractivity contribution in [1.82, 2.24) is 9.80 Å². The molecule has 2 saturated heterocycles. The summed E-state index contributed by atoms with van der Waals surface area (Å²) in [7, 11) is 1.76. The molecule has 5 heteroatoms. The van der Waals surface area contributed by atoms with Crippen LogP contribution in [-0.4, -0.2) is 66.7 Å². The molecule has 5 nitrogen and oxygen atoms in total. The standard InChI is InChI=1S/C16H31N3O2/c1-12-5-4-6-13(2)19(12)16(20)11-18-8-7-15(21-3)9-14(18)10-17/h12-15H,4-11,17H2,1-3H3. The lowest BCUT2D eigenvalue weighted by Crippen LogP contribution is -2.55. The van der Waals surface area contributed by atoms with Crippen LogP contribution in [0.2, 0.25) is 0 Å². The van der Waals surface area contributed by atoms with Crippen molar-refractivity contribution in [3.63, 3.8) is 0 Å². The van der Waals surface area contributed by atoms with Crippen LogP contribution in [-0.2, 0) is 9.53 Å². The number of carbonyl (C=O) groups excluding carboxylic acids is 1. The van der Waals surface area contributed by atoms with Crippen LogP contribution in [0.15, 0.2) is 0 Å². The van der Waals surface area contributed by atoms with Gasteiger partial charge in [-0.1, -0.05) is 0 Å². The second kappa shape index (κ2) is 7.56. The predicted octanol–water partition coefficient (Wildman–Crippen LogP) is 1.21. The first kappa shape index (κ1) is 16.7. The number of nitrogens with zero attached hydrogens (tertiary/aromatic N) is 2. The second-order valence-electron chi connectivity index (χ2n) is 6.67. The molecule has 2 aliphatic rings. The summed E-state index contributed by atoms with van der Waals surface area (Å²) in [5.74, 6) is 0.268. The van der Waals surface area contributed by atoms with Crippen LogP contribution in [0.1, 0.15) is 46.0 Å². The number of amides is 1. The minimum atomic E-state index is 0.267. The van der Waals surface area contributed by atoms with Gasteiger partial charge in [-0.3, -0.25) is 9.69 Å². The summed E-state index contributed by atoms with van der Waals surface area (Å²) in [4.78, 5) is 17.1. The second-order valence-corrected chi connectivity index (χ2v) is 6.67. The van der Waals surface area contributed by atoms with Crippen molar-refractivity contribution in [3.8, 4) is 0 Å². The number of rotatable bonds is 4. The van der Waals surface area contributed by atoms with Crippen molar-refractivity contribution in [2.24, 2.45) is 5.73 Å². The summed E-state index contributed by atoms with van der Waals surface area (Å²) < 4.78 is 5.45. The molecule has 0 spiro atoms. The van der Waals surface area contributed by atoms with Gasteiger partial charge < -0.3 is 15.4 Å². The van der Waals surface area contributed by atoms with Crippen molar-refractivity contribution < 1.29 is 9.53 Å². The minimum Gasteiger partial charge on any atom is -0.381 e. The van der Waals surface area contributed by atoms with Gasteiger partial charge in [0, 0.05) is 38.3 Å². The van der Waals surface area contributed by atoms with Crippen molar-refractivity contribution in [1.29, 1.82) is 0 Å². The van der Waals surface area contributed by atoms with Gasteiger partial charge in [0.25, 0.3) is 0 Å². The van der Waals surface area contributed by atoms with Crippen LogP contribution >= 0.6 is 0 Å². The maximum absolute atomic E-state index is 12.7. The van der Waals surface area contributed by atoms with Gasteiger partial charge in [-0.2, -0.15) is 0 Å². The van der Waals surface area contributed by atoms with E-state index in [0.29, 0.717) is 25.2 Å². The molecular formula is C16H31N3O2. The summed E-state index contributed by atoms with van der Waals surface area (Å²) in [6.07, 6.45) is 5.70. The van der Waals surface area contributed by atoms with Gasteiger partial charge in [0.2, 0.25) is 5.91 Å². The molecule has 2 heterocycles. The van der Waals surface area contributed by atoms with Crippen molar-refractivity contribution in [2.45, 2.75) is 70.2 Å². The Hall–Kier alpha value is -0.650. The largest absolute Gasteiger partial charge is 0.381 e. The molecule has 0 aromatic heterocycles. The van der Waals surface area contributed by atoms with Crippen molar-refractivity contribution >= 4 is 5.91 Å². The molecule has 4 atom stereocenters. The lowest BCUT2D eigenvalue weighted by molar-refractivity contribution is -0.140. The summed E-state index contributed by atoms with van der Waals surface area (Å²) in [5.41, 5.74) is 5.90. The van der Waals surface area contributed by atoms with Crippen LogP contribution < -0.4 is 5.73 Å². The van der Waals surface area contributed by atoms with Gasteiger partial charge in [0.15, 0.2) is 0 Å². The highest BCUT2D eigenvalue weighted by Crippen LogP contribution is 2.24. The third kappa shape index (κ3) is 3.96. The Morgan fingerprint density at radius 2 is 1.90 bits per heavy atom. The number of likely N-dealkylation sites (tertiary alicyclic amines) is 2. The highest BCUT2D eigenvalue weighted by Gasteiger charge is 2.33. The number of nitrogens with two attached hydrogens (primary N) is 1. The molecule has 2 aliphatic heterocycles. The normalized spacial score (nSPS) is 35.0. The molecule has 0 saturated carbocycles. The van der Waals surface area contributed by atoms with Crippen LogP contribution in [0.4, 0.5) is 0 Å². The smallest absolute Gasteiger partial charge is 0.237 e.